The van der Waals surface area contributed by atoms with Crippen LogP contribution in [0.5, 0.6) is 0 Å². The number of carboxylic acids is 1. The number of nitrogens with one attached hydrogen (secondary N) is 1. The van der Waals surface area contributed by atoms with E-state index in [1.807, 2.05) is 37.3 Å². The number of amides is 1. The van der Waals surface area contributed by atoms with E-state index < -0.39 is 12.0 Å². The molecule has 1 aromatic carbocycles. The fourth-order valence-electron chi connectivity index (χ4n) is 1.83. The molecule has 0 aromatic heterocycles. The van der Waals surface area contributed by atoms with Crippen molar-refractivity contribution in [2.75, 3.05) is 0 Å². The third-order valence-corrected chi connectivity index (χ3v) is 3.56. The van der Waals surface area contributed by atoms with E-state index in [4.69, 9.17) is 0 Å². The molecule has 4 nitrogen and oxygen atoms in total. The van der Waals surface area contributed by atoms with Crippen LogP contribution in [0.15, 0.2) is 30.3 Å². The van der Waals surface area contributed by atoms with E-state index in [0.717, 1.165) is 5.56 Å². The highest BCUT2D eigenvalue weighted by molar-refractivity contribution is 5.83. The molecule has 0 fully saturated rings. The summed E-state index contributed by atoms with van der Waals surface area (Å²) in [5.74, 6) is -0.562. The number of carbonyl (C=O) groups excluding carboxylic acids is 1. The summed E-state index contributed by atoms with van der Waals surface area (Å²) in [4.78, 5) is 23.1. The van der Waals surface area contributed by atoms with Gasteiger partial charge in [0.05, 0.1) is 0 Å². The molecular weight excluding hydrogens is 254 g/mol. The minimum atomic E-state index is -1.00. The third-order valence-electron chi connectivity index (χ3n) is 3.56. The number of hydrogen-bond donors (Lipinski definition) is 2. The lowest BCUT2D eigenvalue weighted by Crippen LogP contribution is -2.43. The highest BCUT2D eigenvalue weighted by atomic mass is 16.4. The van der Waals surface area contributed by atoms with Gasteiger partial charge in [0.2, 0.25) is 5.91 Å². The van der Waals surface area contributed by atoms with E-state index in [1.165, 1.54) is 0 Å². The van der Waals surface area contributed by atoms with Gasteiger partial charge in [0.25, 0.3) is 0 Å². The molecule has 0 bridgehead atoms. The maximum Gasteiger partial charge on any atom is 0.326 e. The summed E-state index contributed by atoms with van der Waals surface area (Å²) in [5, 5.41) is 11.8. The molecule has 0 saturated heterocycles. The summed E-state index contributed by atoms with van der Waals surface area (Å²) in [6, 6.07) is 8.44. The number of aliphatic carboxylic acids is 1. The van der Waals surface area contributed by atoms with Crippen LogP contribution in [-0.4, -0.2) is 23.0 Å². The normalized spacial score (nSPS) is 13.8. The summed E-state index contributed by atoms with van der Waals surface area (Å²) >= 11 is 0. The van der Waals surface area contributed by atoms with E-state index in [1.54, 1.807) is 0 Å². The molecule has 0 heterocycles. The van der Waals surface area contributed by atoms with Gasteiger partial charge in [-0.05, 0) is 17.4 Å². The Kier molecular flexibility index (Phi) is 6.22. The largest absolute Gasteiger partial charge is 0.480 e. The van der Waals surface area contributed by atoms with Crippen molar-refractivity contribution in [3.05, 3.63) is 35.9 Å². The van der Waals surface area contributed by atoms with Crippen LogP contribution in [0.4, 0.5) is 0 Å². The number of benzene rings is 1. The fraction of sp³-hybridized carbons (Fsp3) is 0.500. The second-order valence-electron chi connectivity index (χ2n) is 5.57. The number of rotatable bonds is 7. The first-order chi connectivity index (χ1) is 9.40. The fourth-order valence-corrected chi connectivity index (χ4v) is 1.83. The minimum absolute atomic E-state index is 0.200. The molecule has 0 aliphatic heterocycles. The third kappa shape index (κ3) is 5.43. The van der Waals surface area contributed by atoms with Crippen molar-refractivity contribution in [2.24, 2.45) is 11.8 Å². The highest BCUT2D eigenvalue weighted by Gasteiger charge is 2.21. The molecule has 0 aliphatic carbocycles. The molecular formula is C16H23NO3. The van der Waals surface area contributed by atoms with Crippen molar-refractivity contribution in [1.82, 2.24) is 5.32 Å². The molecule has 0 spiro atoms. The van der Waals surface area contributed by atoms with Crippen molar-refractivity contribution in [1.29, 1.82) is 0 Å². The molecule has 0 saturated carbocycles. The molecule has 1 unspecified atom stereocenters. The number of hydrogen-bond acceptors (Lipinski definition) is 2. The number of carbonyl (C=O) groups is 2. The Bertz CT molecular complexity index is 442. The van der Waals surface area contributed by atoms with Crippen LogP contribution < -0.4 is 5.32 Å². The Labute approximate surface area is 120 Å². The maximum absolute atomic E-state index is 11.9. The molecule has 110 valence electrons. The van der Waals surface area contributed by atoms with Gasteiger partial charge >= 0.3 is 5.97 Å². The van der Waals surface area contributed by atoms with Crippen molar-refractivity contribution >= 4 is 11.9 Å². The Balaban J connectivity index is 2.59. The topological polar surface area (TPSA) is 66.4 Å². The summed E-state index contributed by atoms with van der Waals surface area (Å²) in [7, 11) is 0. The first-order valence-electron chi connectivity index (χ1n) is 6.96. The van der Waals surface area contributed by atoms with Crippen LogP contribution in [-0.2, 0) is 16.0 Å². The van der Waals surface area contributed by atoms with Crippen LogP contribution in [0.1, 0.15) is 32.8 Å². The van der Waals surface area contributed by atoms with Crippen molar-refractivity contribution < 1.29 is 14.7 Å². The van der Waals surface area contributed by atoms with Crippen LogP contribution in [0.2, 0.25) is 0 Å². The zero-order chi connectivity index (χ0) is 15.1. The zero-order valence-electron chi connectivity index (χ0n) is 12.3. The van der Waals surface area contributed by atoms with Gasteiger partial charge in [-0.15, -0.1) is 0 Å². The van der Waals surface area contributed by atoms with Crippen LogP contribution in [0.3, 0.4) is 0 Å². The smallest absolute Gasteiger partial charge is 0.326 e. The van der Waals surface area contributed by atoms with Crippen LogP contribution in [0, 0.1) is 11.8 Å². The number of carboxylic acid groups (broad SMARTS) is 1. The van der Waals surface area contributed by atoms with E-state index in [-0.39, 0.29) is 11.8 Å². The lowest BCUT2D eigenvalue weighted by atomic mass is 9.94. The van der Waals surface area contributed by atoms with E-state index in [0.29, 0.717) is 18.8 Å². The minimum Gasteiger partial charge on any atom is -0.480 e. The maximum atomic E-state index is 11.9. The molecule has 20 heavy (non-hydrogen) atoms. The molecule has 1 amide bonds. The van der Waals surface area contributed by atoms with Gasteiger partial charge in [-0.2, -0.15) is 0 Å². The van der Waals surface area contributed by atoms with Gasteiger partial charge in [0, 0.05) is 12.8 Å². The molecule has 1 rings (SSSR count). The van der Waals surface area contributed by atoms with Gasteiger partial charge in [0.15, 0.2) is 0 Å². The first-order valence-corrected chi connectivity index (χ1v) is 6.96. The molecule has 1 aromatic rings. The van der Waals surface area contributed by atoms with Crippen molar-refractivity contribution in [2.45, 2.75) is 39.7 Å². The Morgan fingerprint density at radius 3 is 2.25 bits per heavy atom. The SMILES string of the molecule is CC(C)C(C)CC(=O)N[C@@H](Cc1ccccc1)C(=O)O. The van der Waals surface area contributed by atoms with E-state index >= 15 is 0 Å². The van der Waals surface area contributed by atoms with Gasteiger partial charge < -0.3 is 10.4 Å². The predicted octanol–water partition coefficient (Wildman–Crippen LogP) is 2.48. The standard InChI is InChI=1S/C16H23NO3/c1-11(2)12(3)9-15(18)17-14(16(19)20)10-13-7-5-4-6-8-13/h4-8,11-12,14H,9-10H2,1-3H3,(H,17,18)(H,19,20)/t12?,14-/m0/s1. The molecule has 0 aliphatic rings. The Morgan fingerprint density at radius 1 is 1.15 bits per heavy atom. The van der Waals surface area contributed by atoms with Gasteiger partial charge in [0.1, 0.15) is 6.04 Å². The van der Waals surface area contributed by atoms with Gasteiger partial charge in [-0.1, -0.05) is 51.1 Å². The quantitative estimate of drug-likeness (QED) is 0.804. The highest BCUT2D eigenvalue weighted by Crippen LogP contribution is 2.14. The summed E-state index contributed by atoms with van der Waals surface area (Å²) < 4.78 is 0. The average Bonchev–Trinajstić information content (AvgIpc) is 2.38. The van der Waals surface area contributed by atoms with Crippen molar-refractivity contribution in [3.8, 4) is 0 Å². The lowest BCUT2D eigenvalue weighted by Gasteiger charge is -2.18. The Hall–Kier alpha value is -1.84. The average molecular weight is 277 g/mol. The lowest BCUT2D eigenvalue weighted by molar-refractivity contribution is -0.142. The van der Waals surface area contributed by atoms with Crippen molar-refractivity contribution in [3.63, 3.8) is 0 Å². The second-order valence-corrected chi connectivity index (χ2v) is 5.57. The monoisotopic (exact) mass is 277 g/mol. The van der Waals surface area contributed by atoms with Crippen LogP contribution in [0.25, 0.3) is 0 Å². The van der Waals surface area contributed by atoms with Gasteiger partial charge in [-0.25, -0.2) is 4.79 Å². The molecule has 4 heteroatoms. The second kappa shape index (κ2) is 7.68. The predicted molar refractivity (Wildman–Crippen MR) is 78.3 cm³/mol. The summed E-state index contributed by atoms with van der Waals surface area (Å²) in [6.07, 6.45) is 0.661. The zero-order valence-corrected chi connectivity index (χ0v) is 12.3. The molecule has 0 radical (unpaired) electrons. The molecule has 2 N–H and O–H groups in total. The first kappa shape index (κ1) is 16.2. The van der Waals surface area contributed by atoms with E-state index in [9.17, 15) is 14.7 Å². The van der Waals surface area contributed by atoms with E-state index in [2.05, 4.69) is 19.2 Å². The van der Waals surface area contributed by atoms with Gasteiger partial charge in [-0.3, -0.25) is 4.79 Å². The molecule has 2 atom stereocenters. The Morgan fingerprint density at radius 2 is 1.75 bits per heavy atom. The van der Waals surface area contributed by atoms with Crippen LogP contribution >= 0.6 is 0 Å². The summed E-state index contributed by atoms with van der Waals surface area (Å²) in [5.41, 5.74) is 0.900. The summed E-state index contributed by atoms with van der Waals surface area (Å²) in [6.45, 7) is 6.10.